The Morgan fingerprint density at radius 3 is 3.08 bits per heavy atom. The number of aliphatic imine (C=N–C) groups is 1. The average molecular weight is 161 g/mol. The number of pyridine rings is 1. The molecular formula is C8H7N3O. The first-order valence-corrected chi connectivity index (χ1v) is 3.57. The molecule has 0 radical (unpaired) electrons. The van der Waals surface area contributed by atoms with E-state index in [-0.39, 0.29) is 0 Å². The fourth-order valence-corrected chi connectivity index (χ4v) is 1.17. The zero-order valence-corrected chi connectivity index (χ0v) is 6.32. The number of carbonyl (C=O) groups is 1. The molecule has 1 aromatic heterocycles. The van der Waals surface area contributed by atoms with Crippen molar-refractivity contribution < 1.29 is 4.79 Å². The van der Waals surface area contributed by atoms with Crippen LogP contribution in [-0.2, 0) is 11.2 Å². The van der Waals surface area contributed by atoms with Crippen LogP contribution in [0.3, 0.4) is 0 Å². The van der Waals surface area contributed by atoms with Gasteiger partial charge in [-0.3, -0.25) is 9.78 Å². The van der Waals surface area contributed by atoms with Gasteiger partial charge in [0, 0.05) is 24.4 Å². The largest absolute Gasteiger partial charge is 0.365 e. The normalized spacial score (nSPS) is 13.8. The first kappa shape index (κ1) is 6.97. The van der Waals surface area contributed by atoms with E-state index in [1.54, 1.807) is 18.5 Å². The second-order valence-corrected chi connectivity index (χ2v) is 2.60. The molecule has 0 saturated carbocycles. The molecule has 0 spiro atoms. The lowest BCUT2D eigenvalue weighted by molar-refractivity contribution is -0.112. The third-order valence-electron chi connectivity index (χ3n) is 1.78. The van der Waals surface area contributed by atoms with Gasteiger partial charge >= 0.3 is 0 Å². The van der Waals surface area contributed by atoms with Crippen molar-refractivity contribution in [2.75, 3.05) is 0 Å². The number of fused-ring (bicyclic) bond motifs is 1. The standard InChI is InChI=1S/C8H7N3O/c9-8(12)7-3-5-4-10-2-1-6(5)11-7/h1-2,4H,3H2,(H2,9,12). The van der Waals surface area contributed by atoms with Gasteiger partial charge in [0.05, 0.1) is 5.69 Å². The molecular weight excluding hydrogens is 154 g/mol. The highest BCUT2D eigenvalue weighted by Gasteiger charge is 2.17. The van der Waals surface area contributed by atoms with Gasteiger partial charge in [0.15, 0.2) is 0 Å². The Kier molecular flexibility index (Phi) is 1.40. The molecule has 2 heterocycles. The van der Waals surface area contributed by atoms with Crippen molar-refractivity contribution in [3.63, 3.8) is 0 Å². The molecule has 2 rings (SSSR count). The third-order valence-corrected chi connectivity index (χ3v) is 1.78. The van der Waals surface area contributed by atoms with Crippen LogP contribution in [0.1, 0.15) is 5.56 Å². The molecule has 4 nitrogen and oxygen atoms in total. The van der Waals surface area contributed by atoms with Crippen molar-refractivity contribution in [1.29, 1.82) is 0 Å². The van der Waals surface area contributed by atoms with Gasteiger partial charge in [-0.2, -0.15) is 0 Å². The van der Waals surface area contributed by atoms with Gasteiger partial charge in [0.25, 0.3) is 5.91 Å². The second-order valence-electron chi connectivity index (χ2n) is 2.60. The Morgan fingerprint density at radius 1 is 1.58 bits per heavy atom. The molecule has 0 unspecified atom stereocenters. The van der Waals surface area contributed by atoms with E-state index in [1.807, 2.05) is 0 Å². The topological polar surface area (TPSA) is 68.3 Å². The third kappa shape index (κ3) is 0.972. The highest BCUT2D eigenvalue weighted by Crippen LogP contribution is 2.24. The quantitative estimate of drug-likeness (QED) is 0.639. The van der Waals surface area contributed by atoms with Crippen LogP contribution in [-0.4, -0.2) is 16.6 Å². The molecule has 12 heavy (non-hydrogen) atoms. The lowest BCUT2D eigenvalue weighted by Crippen LogP contribution is -2.22. The van der Waals surface area contributed by atoms with Crippen LogP contribution < -0.4 is 5.73 Å². The van der Waals surface area contributed by atoms with E-state index in [2.05, 4.69) is 9.98 Å². The molecule has 0 atom stereocenters. The number of nitrogens with two attached hydrogens (primary N) is 1. The maximum Gasteiger partial charge on any atom is 0.263 e. The number of aromatic nitrogens is 1. The van der Waals surface area contributed by atoms with Crippen molar-refractivity contribution in [2.45, 2.75) is 6.42 Å². The molecule has 0 saturated heterocycles. The monoisotopic (exact) mass is 161 g/mol. The van der Waals surface area contributed by atoms with Crippen LogP contribution in [0.4, 0.5) is 5.69 Å². The van der Waals surface area contributed by atoms with Crippen molar-refractivity contribution in [3.8, 4) is 0 Å². The summed E-state index contributed by atoms with van der Waals surface area (Å²) < 4.78 is 0. The summed E-state index contributed by atoms with van der Waals surface area (Å²) in [6.07, 6.45) is 3.86. The lowest BCUT2D eigenvalue weighted by Gasteiger charge is -1.91. The van der Waals surface area contributed by atoms with Crippen LogP contribution in [0, 0.1) is 0 Å². The highest BCUT2D eigenvalue weighted by atomic mass is 16.1. The predicted octanol–water partition coefficient (Wildman–Crippen LogP) is 0.196. The molecule has 1 amide bonds. The molecule has 0 aliphatic carbocycles. The van der Waals surface area contributed by atoms with Crippen molar-refractivity contribution in [2.24, 2.45) is 10.7 Å². The Hall–Kier alpha value is -1.71. The first-order valence-electron chi connectivity index (χ1n) is 3.57. The van der Waals surface area contributed by atoms with E-state index in [0.717, 1.165) is 11.3 Å². The molecule has 1 aromatic rings. The number of hydrogen-bond acceptors (Lipinski definition) is 3. The van der Waals surface area contributed by atoms with Crippen LogP contribution in [0.15, 0.2) is 23.5 Å². The zero-order chi connectivity index (χ0) is 8.55. The number of nitrogens with zero attached hydrogens (tertiary/aromatic N) is 2. The minimum absolute atomic E-state index is 0.415. The van der Waals surface area contributed by atoms with E-state index >= 15 is 0 Å². The lowest BCUT2D eigenvalue weighted by atomic mass is 10.1. The zero-order valence-electron chi connectivity index (χ0n) is 6.32. The van der Waals surface area contributed by atoms with E-state index in [0.29, 0.717) is 12.1 Å². The maximum atomic E-state index is 10.7. The minimum atomic E-state index is -0.453. The summed E-state index contributed by atoms with van der Waals surface area (Å²) in [4.78, 5) is 18.7. The van der Waals surface area contributed by atoms with Gasteiger partial charge in [-0.05, 0) is 6.07 Å². The summed E-state index contributed by atoms with van der Waals surface area (Å²) in [5.41, 5.74) is 7.27. The van der Waals surface area contributed by atoms with Gasteiger partial charge in [-0.1, -0.05) is 0 Å². The van der Waals surface area contributed by atoms with Crippen LogP contribution >= 0.6 is 0 Å². The average Bonchev–Trinajstić information content (AvgIpc) is 2.46. The van der Waals surface area contributed by atoms with Crippen molar-refractivity contribution in [1.82, 2.24) is 4.98 Å². The SMILES string of the molecule is NC(=O)C1=Nc2ccncc2C1. The van der Waals surface area contributed by atoms with Crippen LogP contribution in [0.5, 0.6) is 0 Å². The Labute approximate surface area is 69.1 Å². The van der Waals surface area contributed by atoms with Crippen LogP contribution in [0.25, 0.3) is 0 Å². The fraction of sp³-hybridized carbons (Fsp3) is 0.125. The number of amides is 1. The Bertz CT molecular complexity index is 370. The van der Waals surface area contributed by atoms with Crippen LogP contribution in [0.2, 0.25) is 0 Å². The van der Waals surface area contributed by atoms with Gasteiger partial charge in [-0.25, -0.2) is 4.99 Å². The molecule has 60 valence electrons. The fourth-order valence-electron chi connectivity index (χ4n) is 1.17. The summed E-state index contributed by atoms with van der Waals surface area (Å²) in [5, 5.41) is 0. The minimum Gasteiger partial charge on any atom is -0.365 e. The smallest absolute Gasteiger partial charge is 0.263 e. The summed E-state index contributed by atoms with van der Waals surface area (Å²) in [5.74, 6) is -0.453. The van der Waals surface area contributed by atoms with E-state index in [1.165, 1.54) is 0 Å². The molecule has 2 N–H and O–H groups in total. The first-order chi connectivity index (χ1) is 5.77. The molecule has 1 aliphatic rings. The van der Waals surface area contributed by atoms with Gasteiger partial charge in [0.2, 0.25) is 0 Å². The number of hydrogen-bond donors (Lipinski definition) is 1. The molecule has 0 bridgehead atoms. The van der Waals surface area contributed by atoms with Crippen molar-refractivity contribution >= 4 is 17.3 Å². The van der Waals surface area contributed by atoms with Gasteiger partial charge in [-0.15, -0.1) is 0 Å². The van der Waals surface area contributed by atoms with E-state index in [4.69, 9.17) is 5.73 Å². The Morgan fingerprint density at radius 2 is 2.42 bits per heavy atom. The predicted molar refractivity (Wildman–Crippen MR) is 44.2 cm³/mol. The molecule has 0 fully saturated rings. The number of carbonyl (C=O) groups excluding carboxylic acids is 1. The maximum absolute atomic E-state index is 10.7. The molecule has 0 aromatic carbocycles. The van der Waals surface area contributed by atoms with E-state index in [9.17, 15) is 4.79 Å². The number of primary amides is 1. The number of rotatable bonds is 1. The highest BCUT2D eigenvalue weighted by molar-refractivity contribution is 6.40. The van der Waals surface area contributed by atoms with E-state index < -0.39 is 5.91 Å². The Balaban J connectivity index is 2.41. The summed E-state index contributed by atoms with van der Waals surface area (Å²) in [7, 11) is 0. The molecule has 1 aliphatic heterocycles. The van der Waals surface area contributed by atoms with Crippen molar-refractivity contribution in [3.05, 3.63) is 24.0 Å². The summed E-state index contributed by atoms with van der Waals surface area (Å²) in [6, 6.07) is 1.77. The summed E-state index contributed by atoms with van der Waals surface area (Å²) in [6.45, 7) is 0. The van der Waals surface area contributed by atoms with Gasteiger partial charge in [0.1, 0.15) is 5.71 Å². The summed E-state index contributed by atoms with van der Waals surface area (Å²) >= 11 is 0. The second kappa shape index (κ2) is 2.41. The molecule has 4 heteroatoms. The van der Waals surface area contributed by atoms with Gasteiger partial charge < -0.3 is 5.73 Å².